The first-order valence-corrected chi connectivity index (χ1v) is 14.2. The van der Waals surface area contributed by atoms with Crippen LogP contribution in [0.2, 0.25) is 0 Å². The summed E-state index contributed by atoms with van der Waals surface area (Å²) < 4.78 is 8.80. The summed E-state index contributed by atoms with van der Waals surface area (Å²) in [7, 11) is 0. The van der Waals surface area contributed by atoms with Crippen LogP contribution in [0.15, 0.2) is 116 Å². The number of nitrogens with zero attached hydrogens (tertiary/aromatic N) is 4. The van der Waals surface area contributed by atoms with Crippen LogP contribution in [0.25, 0.3) is 30.7 Å². The predicted octanol–water partition coefficient (Wildman–Crippen LogP) is 7.36. The van der Waals surface area contributed by atoms with Crippen molar-refractivity contribution in [2.75, 3.05) is 16.5 Å². The summed E-state index contributed by atoms with van der Waals surface area (Å²) in [5.74, 6) is 1.34. The molecule has 1 aliphatic heterocycles. The molecule has 0 bridgehead atoms. The molecule has 184 valence electrons. The second-order valence-corrected chi connectivity index (χ2v) is 11.4. The Bertz CT molecular complexity index is 1810. The van der Waals surface area contributed by atoms with Crippen LogP contribution in [0.1, 0.15) is 5.69 Å². The van der Waals surface area contributed by atoms with E-state index in [0.29, 0.717) is 5.88 Å². The number of hydrogen-bond donors (Lipinski definition) is 0. The van der Waals surface area contributed by atoms with E-state index >= 15 is 0 Å². The number of benzene rings is 3. The molecule has 0 amide bonds. The van der Waals surface area contributed by atoms with Crippen LogP contribution >= 0.6 is 0 Å². The molecule has 1 aliphatic rings. The van der Waals surface area contributed by atoms with Gasteiger partial charge >= 0.3 is 191 Å². The molecule has 6 aromatic rings. The Morgan fingerprint density at radius 2 is 1.50 bits per heavy atom. The Labute approximate surface area is 227 Å². The number of anilines is 2. The van der Waals surface area contributed by atoms with Crippen LogP contribution in [0, 0.1) is 6.92 Å². The molecule has 6 heteroatoms. The Hall–Kier alpha value is -4.38. The second-order valence-electron chi connectivity index (χ2n) is 9.26. The van der Waals surface area contributed by atoms with Crippen molar-refractivity contribution >= 4 is 45.3 Å². The van der Waals surface area contributed by atoms with Gasteiger partial charge in [0.05, 0.1) is 0 Å². The summed E-state index contributed by atoms with van der Waals surface area (Å²) in [6.07, 6.45) is 4.19. The van der Waals surface area contributed by atoms with Crippen LogP contribution in [0.5, 0.6) is 11.6 Å². The van der Waals surface area contributed by atoms with Gasteiger partial charge in [-0.15, -0.1) is 0 Å². The molecular weight excluding hydrogens is 535 g/mol. The average molecular weight is 560 g/mol. The van der Waals surface area contributed by atoms with Crippen LogP contribution in [-0.4, -0.2) is 31.1 Å². The van der Waals surface area contributed by atoms with E-state index in [-0.39, 0.29) is 14.5 Å². The molecule has 3 aromatic carbocycles. The van der Waals surface area contributed by atoms with E-state index in [1.807, 2.05) is 30.3 Å². The zero-order chi connectivity index (χ0) is 25.5. The van der Waals surface area contributed by atoms with Gasteiger partial charge in [-0.05, 0) is 12.1 Å². The van der Waals surface area contributed by atoms with E-state index in [0.717, 1.165) is 35.1 Å². The number of fused-ring (bicyclic) bond motifs is 3. The van der Waals surface area contributed by atoms with Crippen LogP contribution in [0.4, 0.5) is 11.4 Å². The van der Waals surface area contributed by atoms with Gasteiger partial charge in [-0.25, -0.2) is 0 Å². The van der Waals surface area contributed by atoms with Crippen molar-refractivity contribution in [3.8, 4) is 22.9 Å². The molecule has 0 radical (unpaired) electrons. The van der Waals surface area contributed by atoms with Crippen molar-refractivity contribution < 1.29 is 4.74 Å². The van der Waals surface area contributed by atoms with Gasteiger partial charge in [0, 0.05) is 5.69 Å². The van der Waals surface area contributed by atoms with Crippen LogP contribution in [-0.2, 0) is 0 Å². The summed E-state index contributed by atoms with van der Waals surface area (Å²) in [6.45, 7) is 2.80. The standard InChI is InChI=1S/C32H24N4OSe/c1-22-16-17-27-26-12-6-13-28(31(26)38-32(27)33-22)29-14-7-15-30(34-29)37-25-11-5-10-24(20-25)36-19-18-35(21-36)23-8-3-2-4-9-23/h2-20H,21H2,1H3. The summed E-state index contributed by atoms with van der Waals surface area (Å²) in [5, 5.41) is 2.52. The number of hydrogen-bond acceptors (Lipinski definition) is 5. The molecule has 0 saturated carbocycles. The van der Waals surface area contributed by atoms with Gasteiger partial charge < -0.3 is 0 Å². The Balaban J connectivity index is 1.15. The monoisotopic (exact) mass is 560 g/mol. The average Bonchev–Trinajstić information content (AvgIpc) is 3.59. The second kappa shape index (κ2) is 9.49. The van der Waals surface area contributed by atoms with Gasteiger partial charge in [0.15, 0.2) is 0 Å². The molecule has 0 spiro atoms. The molecule has 7 rings (SSSR count). The normalized spacial score (nSPS) is 13.1. The van der Waals surface area contributed by atoms with Gasteiger partial charge in [0.1, 0.15) is 0 Å². The predicted molar refractivity (Wildman–Crippen MR) is 156 cm³/mol. The number of para-hydroxylation sites is 1. The van der Waals surface area contributed by atoms with Crippen molar-refractivity contribution in [1.29, 1.82) is 0 Å². The SMILES string of the molecule is Cc1ccc2c(n1)[se]c1c(-c3cccc(Oc4cccc(N5C=CN(c6ccccc6)C5)c4)n3)cccc12. The Kier molecular flexibility index (Phi) is 5.69. The van der Waals surface area contributed by atoms with Gasteiger partial charge in [-0.2, -0.15) is 0 Å². The number of aryl methyl sites for hydroxylation is 1. The van der Waals surface area contributed by atoms with E-state index in [1.54, 1.807) is 0 Å². The van der Waals surface area contributed by atoms with Crippen LogP contribution < -0.4 is 14.5 Å². The Morgan fingerprint density at radius 1 is 0.711 bits per heavy atom. The zero-order valence-electron chi connectivity index (χ0n) is 20.8. The molecule has 0 saturated heterocycles. The molecule has 0 N–H and O–H groups in total. The minimum absolute atomic E-state index is 0.150. The maximum absolute atomic E-state index is 6.27. The molecule has 0 atom stereocenters. The van der Waals surface area contributed by atoms with E-state index < -0.39 is 0 Å². The number of ether oxygens (including phenoxy) is 1. The minimum atomic E-state index is 0.150. The third-order valence-corrected chi connectivity index (χ3v) is 9.10. The van der Waals surface area contributed by atoms with E-state index in [1.165, 1.54) is 25.1 Å². The van der Waals surface area contributed by atoms with E-state index in [9.17, 15) is 0 Å². The van der Waals surface area contributed by atoms with Crippen molar-refractivity contribution in [1.82, 2.24) is 9.97 Å². The third-order valence-electron chi connectivity index (χ3n) is 6.69. The topological polar surface area (TPSA) is 41.5 Å². The molecule has 4 heterocycles. The Morgan fingerprint density at radius 3 is 2.39 bits per heavy atom. The van der Waals surface area contributed by atoms with Gasteiger partial charge in [-0.1, -0.05) is 18.2 Å². The fraction of sp³-hybridized carbons (Fsp3) is 0.0625. The fourth-order valence-corrected chi connectivity index (χ4v) is 7.42. The van der Waals surface area contributed by atoms with Gasteiger partial charge in [0.2, 0.25) is 0 Å². The molecule has 0 aliphatic carbocycles. The first-order valence-electron chi connectivity index (χ1n) is 12.5. The number of pyridine rings is 2. The third kappa shape index (κ3) is 4.24. The number of aromatic nitrogens is 2. The number of rotatable bonds is 5. The molecule has 5 nitrogen and oxygen atoms in total. The summed E-state index contributed by atoms with van der Waals surface area (Å²) >= 11 is 0.150. The van der Waals surface area contributed by atoms with Crippen LogP contribution in [0.3, 0.4) is 0 Å². The van der Waals surface area contributed by atoms with Crippen molar-refractivity contribution in [2.45, 2.75) is 6.92 Å². The summed E-state index contributed by atoms with van der Waals surface area (Å²) in [6, 6.07) is 35.3. The van der Waals surface area contributed by atoms with Gasteiger partial charge in [-0.3, -0.25) is 0 Å². The quantitative estimate of drug-likeness (QED) is 0.207. The van der Waals surface area contributed by atoms with Crippen molar-refractivity contribution in [3.63, 3.8) is 0 Å². The summed E-state index contributed by atoms with van der Waals surface area (Å²) in [5.41, 5.74) is 5.37. The first kappa shape index (κ1) is 22.8. The fourth-order valence-electron chi connectivity index (χ4n) is 4.82. The van der Waals surface area contributed by atoms with E-state index in [2.05, 4.69) is 102 Å². The van der Waals surface area contributed by atoms with E-state index in [4.69, 9.17) is 14.7 Å². The van der Waals surface area contributed by atoms with Crippen molar-refractivity contribution in [2.24, 2.45) is 0 Å². The molecule has 0 unspecified atom stereocenters. The molecular formula is C32H24N4OSe. The maximum atomic E-state index is 6.27. The van der Waals surface area contributed by atoms with Crippen molar-refractivity contribution in [3.05, 3.63) is 121 Å². The summed E-state index contributed by atoms with van der Waals surface area (Å²) in [4.78, 5) is 14.1. The first-order chi connectivity index (χ1) is 18.7. The zero-order valence-corrected chi connectivity index (χ0v) is 22.5. The van der Waals surface area contributed by atoms with Gasteiger partial charge in [0.25, 0.3) is 0 Å². The molecule has 38 heavy (non-hydrogen) atoms. The molecule has 3 aromatic heterocycles. The molecule has 0 fully saturated rings.